The van der Waals surface area contributed by atoms with E-state index in [0.717, 1.165) is 20.6 Å². The van der Waals surface area contributed by atoms with E-state index in [2.05, 4.69) is 32.6 Å². The van der Waals surface area contributed by atoms with Crippen LogP contribution in [-0.4, -0.2) is 16.6 Å². The molecular formula is C13H14IN3O. The van der Waals surface area contributed by atoms with Crippen molar-refractivity contribution in [2.24, 2.45) is 0 Å². The number of benzene rings is 1. The van der Waals surface area contributed by atoms with Crippen LogP contribution in [0.4, 0.5) is 5.82 Å². The van der Waals surface area contributed by atoms with Gasteiger partial charge in [-0.25, -0.2) is 9.97 Å². The number of hydrogen-bond donors (Lipinski definition) is 1. The van der Waals surface area contributed by atoms with Crippen LogP contribution in [0.2, 0.25) is 0 Å². The zero-order chi connectivity index (χ0) is 13.1. The summed E-state index contributed by atoms with van der Waals surface area (Å²) in [5.41, 5.74) is 7.63. The van der Waals surface area contributed by atoms with Crippen LogP contribution >= 0.6 is 22.6 Å². The standard InChI is InChI=1S/C13H14IN3O/c1-3-18-10-7-5-4-6-9(10)13-16-8(2)11(14)12(15)17-13/h4-7H,3H2,1-2H3,(H2,15,16,17). The lowest BCUT2D eigenvalue weighted by Gasteiger charge is -2.10. The molecular weight excluding hydrogens is 341 g/mol. The van der Waals surface area contributed by atoms with Gasteiger partial charge < -0.3 is 10.5 Å². The van der Waals surface area contributed by atoms with E-state index in [1.807, 2.05) is 38.1 Å². The summed E-state index contributed by atoms with van der Waals surface area (Å²) in [6.45, 7) is 4.48. The number of rotatable bonds is 3. The Morgan fingerprint density at radius 2 is 2.00 bits per heavy atom. The first-order valence-electron chi connectivity index (χ1n) is 5.65. The highest BCUT2D eigenvalue weighted by Gasteiger charge is 2.12. The Balaban J connectivity index is 2.55. The maximum absolute atomic E-state index is 5.88. The smallest absolute Gasteiger partial charge is 0.165 e. The third-order valence-corrected chi connectivity index (χ3v) is 3.80. The van der Waals surface area contributed by atoms with Crippen molar-refractivity contribution in [3.8, 4) is 17.1 Å². The minimum atomic E-state index is 0.504. The van der Waals surface area contributed by atoms with Crippen LogP contribution in [0.5, 0.6) is 5.75 Å². The molecule has 4 nitrogen and oxygen atoms in total. The van der Waals surface area contributed by atoms with Crippen molar-refractivity contribution >= 4 is 28.4 Å². The molecule has 0 amide bonds. The zero-order valence-corrected chi connectivity index (χ0v) is 12.4. The summed E-state index contributed by atoms with van der Waals surface area (Å²) in [7, 11) is 0. The molecule has 0 atom stereocenters. The van der Waals surface area contributed by atoms with Crippen molar-refractivity contribution in [1.82, 2.24) is 9.97 Å². The van der Waals surface area contributed by atoms with Crippen LogP contribution in [0.1, 0.15) is 12.6 Å². The van der Waals surface area contributed by atoms with Gasteiger partial charge in [-0.1, -0.05) is 12.1 Å². The molecule has 2 N–H and O–H groups in total. The van der Waals surface area contributed by atoms with Gasteiger partial charge in [0.1, 0.15) is 11.6 Å². The normalized spacial score (nSPS) is 10.4. The first kappa shape index (κ1) is 13.1. The van der Waals surface area contributed by atoms with Crippen molar-refractivity contribution in [3.05, 3.63) is 33.5 Å². The molecule has 0 saturated heterocycles. The van der Waals surface area contributed by atoms with E-state index in [9.17, 15) is 0 Å². The van der Waals surface area contributed by atoms with Crippen molar-refractivity contribution in [2.45, 2.75) is 13.8 Å². The fourth-order valence-corrected chi connectivity index (χ4v) is 1.88. The topological polar surface area (TPSA) is 61.0 Å². The number of nitrogens with two attached hydrogens (primary N) is 1. The Hall–Kier alpha value is -1.37. The number of aromatic nitrogens is 2. The van der Waals surface area contributed by atoms with E-state index < -0.39 is 0 Å². The molecule has 1 aromatic heterocycles. The third-order valence-electron chi connectivity index (χ3n) is 2.47. The largest absolute Gasteiger partial charge is 0.493 e. The van der Waals surface area contributed by atoms with E-state index in [-0.39, 0.29) is 0 Å². The first-order chi connectivity index (χ1) is 8.63. The Labute approximate surface area is 120 Å². The summed E-state index contributed by atoms with van der Waals surface area (Å²) in [5.74, 6) is 1.89. The lowest BCUT2D eigenvalue weighted by Crippen LogP contribution is -2.03. The predicted molar refractivity (Wildman–Crippen MR) is 80.5 cm³/mol. The van der Waals surface area contributed by atoms with Gasteiger partial charge in [0.05, 0.1) is 21.4 Å². The Bertz CT molecular complexity index is 549. The molecule has 0 fully saturated rings. The summed E-state index contributed by atoms with van der Waals surface area (Å²) < 4.78 is 6.47. The highest BCUT2D eigenvalue weighted by atomic mass is 127. The highest BCUT2D eigenvalue weighted by Crippen LogP contribution is 2.29. The molecule has 0 aliphatic rings. The van der Waals surface area contributed by atoms with Crippen LogP contribution in [0.3, 0.4) is 0 Å². The van der Waals surface area contributed by atoms with E-state index in [1.165, 1.54) is 0 Å². The minimum Gasteiger partial charge on any atom is -0.493 e. The second-order valence-electron chi connectivity index (χ2n) is 3.76. The first-order valence-corrected chi connectivity index (χ1v) is 6.73. The molecule has 0 aliphatic heterocycles. The maximum atomic E-state index is 5.88. The van der Waals surface area contributed by atoms with Crippen molar-refractivity contribution in [3.63, 3.8) is 0 Å². The van der Waals surface area contributed by atoms with Gasteiger partial charge in [-0.2, -0.15) is 0 Å². The van der Waals surface area contributed by atoms with Crippen LogP contribution in [0.15, 0.2) is 24.3 Å². The molecule has 0 aliphatic carbocycles. The van der Waals surface area contributed by atoms with Gasteiger partial charge in [-0.3, -0.25) is 0 Å². The second-order valence-corrected chi connectivity index (χ2v) is 4.84. The number of anilines is 1. The summed E-state index contributed by atoms with van der Waals surface area (Å²) in [5, 5.41) is 0. The third kappa shape index (κ3) is 2.55. The molecule has 18 heavy (non-hydrogen) atoms. The number of nitrogens with zero attached hydrogens (tertiary/aromatic N) is 2. The van der Waals surface area contributed by atoms with E-state index in [1.54, 1.807) is 0 Å². The molecule has 0 bridgehead atoms. The molecule has 2 rings (SSSR count). The van der Waals surface area contributed by atoms with Gasteiger partial charge in [0.25, 0.3) is 0 Å². The monoisotopic (exact) mass is 355 g/mol. The lowest BCUT2D eigenvalue weighted by atomic mass is 10.2. The number of para-hydroxylation sites is 1. The van der Waals surface area contributed by atoms with Gasteiger partial charge in [0, 0.05) is 0 Å². The molecule has 5 heteroatoms. The number of nitrogen functional groups attached to an aromatic ring is 1. The van der Waals surface area contributed by atoms with Gasteiger partial charge in [-0.15, -0.1) is 0 Å². The SMILES string of the molecule is CCOc1ccccc1-c1nc(C)c(I)c(N)n1. The summed E-state index contributed by atoms with van der Waals surface area (Å²) >= 11 is 2.15. The Morgan fingerprint density at radius 3 is 2.67 bits per heavy atom. The molecule has 94 valence electrons. The predicted octanol–water partition coefficient (Wildman–Crippen LogP) is 3.04. The van der Waals surface area contributed by atoms with Gasteiger partial charge in [0.2, 0.25) is 0 Å². The number of hydrogen-bond acceptors (Lipinski definition) is 4. The number of aryl methyl sites for hydroxylation is 1. The summed E-state index contributed by atoms with van der Waals surface area (Å²) in [4.78, 5) is 8.79. The fourth-order valence-electron chi connectivity index (χ4n) is 1.63. The Kier molecular flexibility index (Phi) is 4.00. The number of ether oxygens (including phenoxy) is 1. The molecule has 0 radical (unpaired) electrons. The molecule has 0 saturated carbocycles. The molecule has 0 spiro atoms. The summed E-state index contributed by atoms with van der Waals surface area (Å²) in [6, 6.07) is 7.71. The molecule has 1 aromatic carbocycles. The average molecular weight is 355 g/mol. The van der Waals surface area contributed by atoms with Crippen LogP contribution in [-0.2, 0) is 0 Å². The highest BCUT2D eigenvalue weighted by molar-refractivity contribution is 14.1. The van der Waals surface area contributed by atoms with Crippen molar-refractivity contribution < 1.29 is 4.74 Å². The van der Waals surface area contributed by atoms with E-state index in [0.29, 0.717) is 18.2 Å². The van der Waals surface area contributed by atoms with E-state index >= 15 is 0 Å². The average Bonchev–Trinajstić information content (AvgIpc) is 2.36. The number of halogens is 1. The van der Waals surface area contributed by atoms with Gasteiger partial charge in [-0.05, 0) is 48.6 Å². The summed E-state index contributed by atoms with van der Waals surface area (Å²) in [6.07, 6.45) is 0. The maximum Gasteiger partial charge on any atom is 0.165 e. The fraction of sp³-hybridized carbons (Fsp3) is 0.231. The molecule has 2 aromatic rings. The quantitative estimate of drug-likeness (QED) is 0.860. The van der Waals surface area contributed by atoms with Gasteiger partial charge in [0.15, 0.2) is 5.82 Å². The van der Waals surface area contributed by atoms with Crippen molar-refractivity contribution in [1.29, 1.82) is 0 Å². The second kappa shape index (κ2) is 5.51. The van der Waals surface area contributed by atoms with Crippen LogP contribution in [0.25, 0.3) is 11.4 Å². The molecule has 0 unspecified atom stereocenters. The van der Waals surface area contributed by atoms with Gasteiger partial charge >= 0.3 is 0 Å². The zero-order valence-electron chi connectivity index (χ0n) is 10.3. The van der Waals surface area contributed by atoms with E-state index in [4.69, 9.17) is 10.5 Å². The van der Waals surface area contributed by atoms with Crippen molar-refractivity contribution in [2.75, 3.05) is 12.3 Å². The lowest BCUT2D eigenvalue weighted by molar-refractivity contribution is 0.341. The minimum absolute atomic E-state index is 0.504. The molecule has 1 heterocycles. The Morgan fingerprint density at radius 1 is 1.28 bits per heavy atom. The van der Waals surface area contributed by atoms with Crippen LogP contribution in [0, 0.1) is 10.5 Å². The van der Waals surface area contributed by atoms with Crippen LogP contribution < -0.4 is 10.5 Å².